The van der Waals surface area contributed by atoms with Gasteiger partial charge in [-0.05, 0) is 24.1 Å². The largest absolute Gasteiger partial charge is 0.467 e. The van der Waals surface area contributed by atoms with Crippen molar-refractivity contribution in [2.45, 2.75) is 18.5 Å². The van der Waals surface area contributed by atoms with E-state index in [1.807, 2.05) is 12.1 Å². The Morgan fingerprint density at radius 3 is 2.54 bits per heavy atom. The van der Waals surface area contributed by atoms with Crippen LogP contribution >= 0.6 is 0 Å². The quantitative estimate of drug-likeness (QED) is 0.638. The molecule has 0 radical (unpaired) electrons. The van der Waals surface area contributed by atoms with Crippen LogP contribution in [0.2, 0.25) is 0 Å². The molecule has 2 saturated heterocycles. The Balaban J connectivity index is 1.95. The monoisotopic (exact) mass is 379 g/mol. The molecule has 1 N–H and O–H groups in total. The van der Waals surface area contributed by atoms with Crippen LogP contribution in [-0.2, 0) is 24.7 Å². The molecule has 3 heterocycles. The standard InChI is InChI=1S/C21H21N3O4/c1-3-24-18(25)15-16(19(24)26)21(20(27)28-2,14-9-5-4-6-10-14)23-17(15)13-8-7-11-22-12-13/h4-12,15-17,23H,3H2,1-2H3/t15-,16-,17-,21-/m1/s1. The predicted octanol–water partition coefficient (Wildman–Crippen LogP) is 1.42. The number of fused-ring (bicyclic) bond motifs is 1. The topological polar surface area (TPSA) is 88.6 Å². The maximum absolute atomic E-state index is 13.3. The predicted molar refractivity (Wildman–Crippen MR) is 99.6 cm³/mol. The van der Waals surface area contributed by atoms with Crippen LogP contribution in [0.25, 0.3) is 0 Å². The number of benzene rings is 1. The van der Waals surface area contributed by atoms with Gasteiger partial charge in [0, 0.05) is 25.0 Å². The van der Waals surface area contributed by atoms with Crippen LogP contribution < -0.4 is 5.32 Å². The molecule has 2 aromatic rings. The number of aromatic nitrogens is 1. The summed E-state index contributed by atoms with van der Waals surface area (Å²) < 4.78 is 5.14. The summed E-state index contributed by atoms with van der Waals surface area (Å²) in [5, 5.41) is 3.31. The number of carbonyl (C=O) groups excluding carboxylic acids is 3. The van der Waals surface area contributed by atoms with Gasteiger partial charge in [0.1, 0.15) is 0 Å². The van der Waals surface area contributed by atoms with Crippen LogP contribution in [0.1, 0.15) is 24.1 Å². The van der Waals surface area contributed by atoms with Gasteiger partial charge in [0.25, 0.3) is 0 Å². The third kappa shape index (κ3) is 2.39. The zero-order valence-electron chi connectivity index (χ0n) is 15.7. The Hall–Kier alpha value is -3.06. The van der Waals surface area contributed by atoms with Crippen molar-refractivity contribution in [2.24, 2.45) is 11.8 Å². The molecule has 4 rings (SSSR count). The van der Waals surface area contributed by atoms with Gasteiger partial charge in [-0.15, -0.1) is 0 Å². The summed E-state index contributed by atoms with van der Waals surface area (Å²) in [6.07, 6.45) is 3.29. The van der Waals surface area contributed by atoms with E-state index in [4.69, 9.17) is 4.74 Å². The normalized spacial score (nSPS) is 29.1. The number of pyridine rings is 1. The second-order valence-corrected chi connectivity index (χ2v) is 7.00. The number of ether oxygens (including phenoxy) is 1. The lowest BCUT2D eigenvalue weighted by molar-refractivity contribution is -0.154. The fourth-order valence-electron chi connectivity index (χ4n) is 4.56. The van der Waals surface area contributed by atoms with Crippen molar-refractivity contribution in [3.63, 3.8) is 0 Å². The Morgan fingerprint density at radius 1 is 1.18 bits per heavy atom. The lowest BCUT2D eigenvalue weighted by atomic mass is 9.75. The van der Waals surface area contributed by atoms with E-state index in [2.05, 4.69) is 10.3 Å². The molecule has 4 atom stereocenters. The summed E-state index contributed by atoms with van der Waals surface area (Å²) in [6.45, 7) is 2.02. The second kappa shape index (κ2) is 6.83. The van der Waals surface area contributed by atoms with Crippen LogP contribution in [0.4, 0.5) is 0 Å². The smallest absolute Gasteiger partial charge is 0.331 e. The van der Waals surface area contributed by atoms with Crippen LogP contribution in [0.5, 0.6) is 0 Å². The number of carbonyl (C=O) groups is 3. The molecule has 0 unspecified atom stereocenters. The van der Waals surface area contributed by atoms with Crippen LogP contribution in [0.3, 0.4) is 0 Å². The minimum Gasteiger partial charge on any atom is -0.467 e. The molecule has 2 amide bonds. The fourth-order valence-corrected chi connectivity index (χ4v) is 4.56. The SMILES string of the molecule is CCN1C(=O)[C@H]2[C@@H](c3cccnc3)N[C@](C(=O)OC)(c3ccccc3)[C@H]2C1=O. The van der Waals surface area contributed by atoms with Crippen molar-refractivity contribution in [3.8, 4) is 0 Å². The van der Waals surface area contributed by atoms with Gasteiger partial charge in [-0.1, -0.05) is 36.4 Å². The highest BCUT2D eigenvalue weighted by molar-refractivity contribution is 6.09. The molecule has 0 aliphatic carbocycles. The first kappa shape index (κ1) is 18.3. The molecule has 2 aliphatic heterocycles. The highest BCUT2D eigenvalue weighted by Gasteiger charge is 2.69. The third-order valence-electron chi connectivity index (χ3n) is 5.75. The van der Waals surface area contributed by atoms with Crippen LogP contribution in [0, 0.1) is 11.8 Å². The fraction of sp³-hybridized carbons (Fsp3) is 0.333. The summed E-state index contributed by atoms with van der Waals surface area (Å²) in [7, 11) is 1.29. The van der Waals surface area contributed by atoms with Crippen molar-refractivity contribution in [1.82, 2.24) is 15.2 Å². The number of esters is 1. The van der Waals surface area contributed by atoms with Crippen LogP contribution in [0.15, 0.2) is 54.9 Å². The van der Waals surface area contributed by atoms with Crippen LogP contribution in [-0.4, -0.2) is 41.3 Å². The second-order valence-electron chi connectivity index (χ2n) is 7.00. The van der Waals surface area contributed by atoms with Gasteiger partial charge in [-0.2, -0.15) is 0 Å². The Labute approximate surface area is 162 Å². The van der Waals surface area contributed by atoms with Gasteiger partial charge in [0.2, 0.25) is 11.8 Å². The number of nitrogens with one attached hydrogen (secondary N) is 1. The molecule has 0 spiro atoms. The van der Waals surface area contributed by atoms with Gasteiger partial charge in [-0.3, -0.25) is 24.8 Å². The number of nitrogens with zero attached hydrogens (tertiary/aromatic N) is 2. The molecule has 0 saturated carbocycles. The van der Waals surface area contributed by atoms with Crippen molar-refractivity contribution in [3.05, 3.63) is 66.0 Å². The van der Waals surface area contributed by atoms with Gasteiger partial charge in [-0.25, -0.2) is 4.79 Å². The minimum atomic E-state index is -1.45. The number of rotatable bonds is 4. The van der Waals surface area contributed by atoms with Crippen molar-refractivity contribution < 1.29 is 19.1 Å². The maximum Gasteiger partial charge on any atom is 0.331 e. The molecular formula is C21H21N3O4. The van der Waals surface area contributed by atoms with Crippen molar-refractivity contribution in [2.75, 3.05) is 13.7 Å². The number of likely N-dealkylation sites (tertiary alicyclic amines) is 1. The van der Waals surface area contributed by atoms with Gasteiger partial charge in [0.15, 0.2) is 5.54 Å². The highest BCUT2D eigenvalue weighted by atomic mass is 16.5. The van der Waals surface area contributed by atoms with Gasteiger partial charge < -0.3 is 4.74 Å². The molecule has 7 heteroatoms. The Bertz CT molecular complexity index is 918. The average Bonchev–Trinajstić information content (AvgIpc) is 3.23. The van der Waals surface area contributed by atoms with Gasteiger partial charge in [0.05, 0.1) is 18.9 Å². The number of methoxy groups -OCH3 is 1. The first-order valence-electron chi connectivity index (χ1n) is 9.23. The zero-order chi connectivity index (χ0) is 19.9. The molecule has 7 nitrogen and oxygen atoms in total. The highest BCUT2D eigenvalue weighted by Crippen LogP contribution is 2.53. The van der Waals surface area contributed by atoms with Crippen molar-refractivity contribution >= 4 is 17.8 Å². The van der Waals surface area contributed by atoms with E-state index in [1.54, 1.807) is 49.6 Å². The molecule has 1 aromatic heterocycles. The first-order valence-corrected chi connectivity index (χ1v) is 9.23. The lowest BCUT2D eigenvalue weighted by Gasteiger charge is -2.32. The number of hydrogen-bond acceptors (Lipinski definition) is 6. The number of hydrogen-bond donors (Lipinski definition) is 1. The molecule has 28 heavy (non-hydrogen) atoms. The van der Waals surface area contributed by atoms with E-state index < -0.39 is 29.4 Å². The summed E-state index contributed by atoms with van der Waals surface area (Å²) >= 11 is 0. The van der Waals surface area contributed by atoms with E-state index in [1.165, 1.54) is 12.0 Å². The minimum absolute atomic E-state index is 0.260. The molecule has 144 valence electrons. The summed E-state index contributed by atoms with van der Waals surface area (Å²) in [5.74, 6) is -2.82. The first-order chi connectivity index (χ1) is 13.6. The number of amides is 2. The van der Waals surface area contributed by atoms with Gasteiger partial charge >= 0.3 is 5.97 Å². The third-order valence-corrected chi connectivity index (χ3v) is 5.75. The summed E-state index contributed by atoms with van der Waals surface area (Å²) in [4.78, 5) is 44.9. The molecule has 2 fully saturated rings. The Kier molecular flexibility index (Phi) is 4.47. The van der Waals surface area contributed by atoms with E-state index in [9.17, 15) is 14.4 Å². The number of imide groups is 1. The molecule has 2 aliphatic rings. The Morgan fingerprint density at radius 2 is 1.93 bits per heavy atom. The van der Waals surface area contributed by atoms with E-state index in [0.29, 0.717) is 5.56 Å². The molecular weight excluding hydrogens is 358 g/mol. The zero-order valence-corrected chi connectivity index (χ0v) is 15.7. The molecule has 1 aromatic carbocycles. The summed E-state index contributed by atoms with van der Waals surface area (Å²) in [6, 6.07) is 12.1. The summed E-state index contributed by atoms with van der Waals surface area (Å²) in [5.41, 5.74) is -0.0987. The maximum atomic E-state index is 13.3. The van der Waals surface area contributed by atoms with Crippen molar-refractivity contribution in [1.29, 1.82) is 0 Å². The lowest BCUT2D eigenvalue weighted by Crippen LogP contribution is -2.53. The molecule has 0 bridgehead atoms. The van der Waals surface area contributed by atoms with E-state index in [-0.39, 0.29) is 18.4 Å². The average molecular weight is 379 g/mol. The van der Waals surface area contributed by atoms with E-state index >= 15 is 0 Å². The van der Waals surface area contributed by atoms with E-state index in [0.717, 1.165) is 5.56 Å².